The molecule has 1 unspecified atom stereocenters. The van der Waals surface area contributed by atoms with Gasteiger partial charge in [0.25, 0.3) is 0 Å². The molecule has 4 amide bonds. The first-order valence-electron chi connectivity index (χ1n) is 22.0. The average Bonchev–Trinajstić information content (AvgIpc) is 4.09. The Hall–Kier alpha value is -6.20. The van der Waals surface area contributed by atoms with Crippen LogP contribution < -0.4 is 20.7 Å². The van der Waals surface area contributed by atoms with Crippen molar-refractivity contribution in [3.05, 3.63) is 65.9 Å². The van der Waals surface area contributed by atoms with Crippen molar-refractivity contribution in [3.63, 3.8) is 0 Å². The van der Waals surface area contributed by atoms with Gasteiger partial charge in [-0.25, -0.2) is 19.6 Å². The number of likely N-dealkylation sites (tertiary alicyclic amines) is 1. The first kappa shape index (κ1) is 45.8. The summed E-state index contributed by atoms with van der Waals surface area (Å²) in [5.41, 5.74) is 6.36. The van der Waals surface area contributed by atoms with Crippen LogP contribution in [0, 0.1) is 11.8 Å². The number of fused-ring (bicyclic) bond motifs is 6. The first-order valence-corrected chi connectivity index (χ1v) is 22.0. The van der Waals surface area contributed by atoms with Crippen molar-refractivity contribution in [1.82, 2.24) is 40.8 Å². The van der Waals surface area contributed by atoms with E-state index in [1.807, 2.05) is 36.9 Å². The molecule has 7 rings (SSSR count). The third kappa shape index (κ3) is 9.50. The second-order valence-corrected chi connectivity index (χ2v) is 16.8. The number of hydrogen-bond acceptors (Lipinski definition) is 11. The van der Waals surface area contributed by atoms with Crippen LogP contribution in [0.15, 0.2) is 48.7 Å². The molecular formula is C47H60N8O9. The molecule has 0 saturated carbocycles. The molecule has 3 aromatic carbocycles. The largest absolute Gasteiger partial charge is 0.488 e. The van der Waals surface area contributed by atoms with Gasteiger partial charge in [-0.2, -0.15) is 0 Å². The molecule has 0 spiro atoms. The fourth-order valence-electron chi connectivity index (χ4n) is 8.79. The normalized spacial score (nSPS) is 18.0. The predicted octanol–water partition coefficient (Wildman–Crippen LogP) is 7.08. The molecule has 2 aromatic heterocycles. The Bertz CT molecular complexity index is 2480. The number of benzene rings is 3. The van der Waals surface area contributed by atoms with E-state index in [4.69, 9.17) is 33.7 Å². The van der Waals surface area contributed by atoms with Crippen molar-refractivity contribution >= 4 is 45.8 Å². The van der Waals surface area contributed by atoms with Gasteiger partial charge in [0.2, 0.25) is 11.8 Å². The number of carbonyl (C=O) groups excluding carboxylic acids is 4. The van der Waals surface area contributed by atoms with Crippen molar-refractivity contribution in [2.45, 2.75) is 96.7 Å². The van der Waals surface area contributed by atoms with Gasteiger partial charge in [-0.15, -0.1) is 0 Å². The van der Waals surface area contributed by atoms with E-state index in [0.29, 0.717) is 50.7 Å². The summed E-state index contributed by atoms with van der Waals surface area (Å²) >= 11 is 0. The number of imidazole rings is 2. The summed E-state index contributed by atoms with van der Waals surface area (Å²) in [6, 6.07) is 12.0. The van der Waals surface area contributed by atoms with E-state index in [-0.39, 0.29) is 23.8 Å². The molecule has 2 aliphatic heterocycles. The van der Waals surface area contributed by atoms with E-state index in [9.17, 15) is 19.2 Å². The second kappa shape index (κ2) is 20.1. The van der Waals surface area contributed by atoms with Crippen molar-refractivity contribution in [1.29, 1.82) is 0 Å². The Kier molecular flexibility index (Phi) is 14.4. The number of hydrogen-bond donors (Lipinski definition) is 5. The van der Waals surface area contributed by atoms with Gasteiger partial charge in [0.15, 0.2) is 0 Å². The second-order valence-electron chi connectivity index (χ2n) is 16.8. The summed E-state index contributed by atoms with van der Waals surface area (Å²) in [7, 11) is 5.67. The fourth-order valence-corrected chi connectivity index (χ4v) is 8.79. The molecule has 1 fully saturated rings. The Labute approximate surface area is 372 Å². The van der Waals surface area contributed by atoms with Crippen LogP contribution in [0.4, 0.5) is 9.59 Å². The molecule has 0 radical (unpaired) electrons. The SMILES string of the molecule is CCCC[C@H](NC(=O)[C@@H](NC(=O)OC)[C@@H](C)OC)c1nc2ccc3cc4c(cc3c2[nH]1)OCc1cc(-c2cnc([C@@H]3C[C@H](COC)CN3C(=O)[C@@H](NC(=O)OC)C(C)CC)[nH]2)ccc1-4. The van der Waals surface area contributed by atoms with Crippen LogP contribution in [0.1, 0.15) is 89.1 Å². The molecule has 1 saturated heterocycles. The standard InChI is InChI=1S/C47H60N8O9/c1-9-11-12-35(51-44(56)40(26(4)61-6)54-47(59)63-8)42-49-34-16-14-28-19-33-31-15-13-29(18-30(31)24-64-38(33)20-32(28)41(34)52-42)36-21-48-43(50-36)37-17-27(23-60-5)22-55(37)45(57)39(25(3)10-2)53-46(58)62-7/h13-16,18-21,25-27,35,37,39-40H,9-12,17,22-24H2,1-8H3,(H,48,50)(H,49,52)(H,51,56)(H,53,58)(H,54,59)/t25?,26-,27+,35+,37+,39+,40+/m1/s1. The summed E-state index contributed by atoms with van der Waals surface area (Å²) in [5, 5.41) is 10.4. The minimum Gasteiger partial charge on any atom is -0.488 e. The number of amides is 4. The highest BCUT2D eigenvalue weighted by Gasteiger charge is 2.42. The zero-order valence-corrected chi connectivity index (χ0v) is 37.8. The number of nitrogens with zero attached hydrogens (tertiary/aromatic N) is 3. The van der Waals surface area contributed by atoms with Crippen LogP contribution >= 0.6 is 0 Å². The van der Waals surface area contributed by atoms with E-state index in [0.717, 1.165) is 68.3 Å². The van der Waals surface area contributed by atoms with Crippen LogP contribution in [0.5, 0.6) is 5.75 Å². The van der Waals surface area contributed by atoms with Gasteiger partial charge in [0, 0.05) is 37.6 Å². The molecule has 0 bridgehead atoms. The van der Waals surface area contributed by atoms with E-state index in [1.165, 1.54) is 21.3 Å². The fraction of sp³-hybridized carbons (Fsp3) is 0.489. The highest BCUT2D eigenvalue weighted by Crippen LogP contribution is 2.43. The number of aromatic amines is 2. The van der Waals surface area contributed by atoms with E-state index >= 15 is 0 Å². The molecule has 5 N–H and O–H groups in total. The summed E-state index contributed by atoms with van der Waals surface area (Å²) in [6.45, 7) is 9.05. The van der Waals surface area contributed by atoms with Crippen molar-refractivity contribution < 1.29 is 42.9 Å². The Morgan fingerprint density at radius 2 is 1.69 bits per heavy atom. The number of nitrogens with one attached hydrogen (secondary N) is 5. The van der Waals surface area contributed by atoms with Gasteiger partial charge in [-0.05, 0) is 72.0 Å². The highest BCUT2D eigenvalue weighted by atomic mass is 16.5. The summed E-state index contributed by atoms with van der Waals surface area (Å²) < 4.78 is 27.0. The number of H-pyrrole nitrogens is 2. The Balaban J connectivity index is 1.14. The van der Waals surface area contributed by atoms with E-state index < -0.39 is 42.3 Å². The molecule has 2 aliphatic rings. The summed E-state index contributed by atoms with van der Waals surface area (Å²) in [5.74, 6) is 1.43. The third-order valence-electron chi connectivity index (χ3n) is 12.7. The van der Waals surface area contributed by atoms with Crippen LogP contribution in [-0.2, 0) is 35.1 Å². The lowest BCUT2D eigenvalue weighted by Gasteiger charge is -2.31. The number of methoxy groups -OCH3 is 4. The molecule has 5 aromatic rings. The zero-order valence-electron chi connectivity index (χ0n) is 37.8. The third-order valence-corrected chi connectivity index (χ3v) is 12.7. The monoisotopic (exact) mass is 880 g/mol. The van der Waals surface area contributed by atoms with Crippen molar-refractivity contribution in [2.75, 3.05) is 41.6 Å². The van der Waals surface area contributed by atoms with Crippen molar-refractivity contribution in [3.8, 4) is 28.1 Å². The smallest absolute Gasteiger partial charge is 0.407 e. The molecule has 4 heterocycles. The van der Waals surface area contributed by atoms with Gasteiger partial charge >= 0.3 is 12.2 Å². The molecular weight excluding hydrogens is 821 g/mol. The van der Waals surface area contributed by atoms with Gasteiger partial charge in [-0.3, -0.25) is 9.59 Å². The van der Waals surface area contributed by atoms with Crippen LogP contribution in [0.2, 0.25) is 0 Å². The number of rotatable bonds is 17. The Morgan fingerprint density at radius 3 is 2.39 bits per heavy atom. The predicted molar refractivity (Wildman–Crippen MR) is 240 cm³/mol. The average molecular weight is 881 g/mol. The maximum absolute atomic E-state index is 14.1. The summed E-state index contributed by atoms with van der Waals surface area (Å²) in [6.07, 6.45) is 3.56. The molecule has 17 nitrogen and oxygen atoms in total. The molecule has 64 heavy (non-hydrogen) atoms. The van der Waals surface area contributed by atoms with Crippen molar-refractivity contribution in [2.24, 2.45) is 11.8 Å². The number of ether oxygens (including phenoxy) is 5. The minimum atomic E-state index is -0.979. The lowest BCUT2D eigenvalue weighted by Crippen LogP contribution is -2.53. The Morgan fingerprint density at radius 1 is 0.922 bits per heavy atom. The molecule has 342 valence electrons. The number of carbonyl (C=O) groups is 4. The van der Waals surface area contributed by atoms with Crippen LogP contribution in [0.3, 0.4) is 0 Å². The van der Waals surface area contributed by atoms with E-state index in [2.05, 4.69) is 57.1 Å². The van der Waals surface area contributed by atoms with Gasteiger partial charge in [0.05, 0.1) is 61.9 Å². The highest BCUT2D eigenvalue weighted by molar-refractivity contribution is 6.07. The minimum absolute atomic E-state index is 0.101. The van der Waals surface area contributed by atoms with Gasteiger partial charge in [-0.1, -0.05) is 58.2 Å². The van der Waals surface area contributed by atoms with Gasteiger partial charge in [0.1, 0.15) is 36.1 Å². The maximum atomic E-state index is 14.1. The van der Waals surface area contributed by atoms with Crippen LogP contribution in [-0.4, -0.2) is 109 Å². The molecule has 17 heteroatoms. The van der Waals surface area contributed by atoms with Gasteiger partial charge < -0.3 is 54.5 Å². The zero-order chi connectivity index (χ0) is 45.7. The number of aromatic nitrogens is 4. The van der Waals surface area contributed by atoms with E-state index in [1.54, 1.807) is 20.2 Å². The lowest BCUT2D eigenvalue weighted by atomic mass is 9.92. The number of unbranched alkanes of at least 4 members (excludes halogenated alkanes) is 1. The topological polar surface area (TPSA) is 211 Å². The maximum Gasteiger partial charge on any atom is 0.407 e. The quantitative estimate of drug-likeness (QED) is 0.0637. The lowest BCUT2D eigenvalue weighted by molar-refractivity contribution is -0.136. The molecule has 7 atom stereocenters. The van der Waals surface area contributed by atoms with Crippen LogP contribution in [0.25, 0.3) is 44.2 Å². The molecule has 0 aliphatic carbocycles. The first-order chi connectivity index (χ1) is 30.9. The number of alkyl carbamates (subject to hydrolysis) is 2. The summed E-state index contributed by atoms with van der Waals surface area (Å²) in [4.78, 5) is 70.6.